The van der Waals surface area contributed by atoms with Crippen molar-refractivity contribution in [1.29, 1.82) is 0 Å². The molecule has 0 radical (unpaired) electrons. The van der Waals surface area contributed by atoms with Gasteiger partial charge in [-0.1, -0.05) is 44.2 Å². The number of carbonyl (C=O) groups excluding carboxylic acids is 1. The van der Waals surface area contributed by atoms with Gasteiger partial charge in [0.15, 0.2) is 5.82 Å². The standard InChI is InChI=1S/C22H28N4O/c1-15(2)19-16(3)23-20(17-7-5-4-6-8-17)24-21(19)25-11-13-26(14-12-25)22(27)18-9-10-18/h4-8,15,18H,9-14H2,1-3H3. The molecule has 2 aromatic rings. The molecule has 1 aliphatic carbocycles. The van der Waals surface area contributed by atoms with E-state index in [-0.39, 0.29) is 0 Å². The molecule has 1 aliphatic heterocycles. The van der Waals surface area contributed by atoms with E-state index in [1.54, 1.807) is 0 Å². The molecule has 1 saturated heterocycles. The Morgan fingerprint density at radius 1 is 1.04 bits per heavy atom. The minimum atomic E-state index is 0.300. The van der Waals surface area contributed by atoms with Crippen LogP contribution in [0.4, 0.5) is 5.82 Å². The third kappa shape index (κ3) is 3.68. The SMILES string of the molecule is Cc1nc(-c2ccccc2)nc(N2CCN(C(=O)C3CC3)CC2)c1C(C)C. The van der Waals surface area contributed by atoms with Crippen molar-refractivity contribution in [2.24, 2.45) is 5.92 Å². The Morgan fingerprint density at radius 2 is 1.70 bits per heavy atom. The van der Waals surface area contributed by atoms with Crippen LogP contribution >= 0.6 is 0 Å². The summed E-state index contributed by atoms with van der Waals surface area (Å²) < 4.78 is 0. The van der Waals surface area contributed by atoms with Gasteiger partial charge in [-0.15, -0.1) is 0 Å². The van der Waals surface area contributed by atoms with Gasteiger partial charge in [0.25, 0.3) is 0 Å². The largest absolute Gasteiger partial charge is 0.353 e. The van der Waals surface area contributed by atoms with Crippen LogP contribution < -0.4 is 4.90 Å². The smallest absolute Gasteiger partial charge is 0.225 e. The van der Waals surface area contributed by atoms with Gasteiger partial charge in [0.1, 0.15) is 5.82 Å². The third-order valence-corrected chi connectivity index (χ3v) is 5.54. The van der Waals surface area contributed by atoms with Crippen molar-refractivity contribution in [3.8, 4) is 11.4 Å². The van der Waals surface area contributed by atoms with E-state index in [1.165, 1.54) is 5.56 Å². The van der Waals surface area contributed by atoms with E-state index in [0.717, 1.165) is 61.9 Å². The number of rotatable bonds is 4. The predicted molar refractivity (Wildman–Crippen MR) is 108 cm³/mol. The molecule has 5 heteroatoms. The quantitative estimate of drug-likeness (QED) is 0.831. The van der Waals surface area contributed by atoms with Gasteiger partial charge >= 0.3 is 0 Å². The van der Waals surface area contributed by atoms with Crippen molar-refractivity contribution in [1.82, 2.24) is 14.9 Å². The molecular formula is C22H28N4O. The molecule has 0 atom stereocenters. The van der Waals surface area contributed by atoms with Crippen LogP contribution in [0.5, 0.6) is 0 Å². The fourth-order valence-corrected chi connectivity index (χ4v) is 3.93. The number of hydrogen-bond acceptors (Lipinski definition) is 4. The van der Waals surface area contributed by atoms with Gasteiger partial charge in [0, 0.05) is 48.9 Å². The van der Waals surface area contributed by atoms with Crippen LogP contribution in [0.3, 0.4) is 0 Å². The molecule has 2 heterocycles. The first-order valence-corrected chi connectivity index (χ1v) is 10.0. The second-order valence-electron chi connectivity index (χ2n) is 7.98. The Balaban J connectivity index is 1.62. The molecule has 1 amide bonds. The van der Waals surface area contributed by atoms with Crippen molar-refractivity contribution in [2.45, 2.75) is 39.5 Å². The van der Waals surface area contributed by atoms with E-state index in [2.05, 4.69) is 37.8 Å². The average molecular weight is 364 g/mol. The normalized spacial score (nSPS) is 17.5. The highest BCUT2D eigenvalue weighted by Crippen LogP contribution is 2.33. The molecular weight excluding hydrogens is 336 g/mol. The molecule has 1 aromatic carbocycles. The Hall–Kier alpha value is -2.43. The Morgan fingerprint density at radius 3 is 2.30 bits per heavy atom. The molecule has 4 rings (SSSR count). The zero-order chi connectivity index (χ0) is 19.0. The van der Waals surface area contributed by atoms with Gasteiger partial charge in [-0.3, -0.25) is 4.79 Å². The lowest BCUT2D eigenvalue weighted by molar-refractivity contribution is -0.132. The minimum absolute atomic E-state index is 0.300. The molecule has 0 bridgehead atoms. The lowest BCUT2D eigenvalue weighted by Gasteiger charge is -2.37. The van der Waals surface area contributed by atoms with E-state index in [4.69, 9.17) is 9.97 Å². The van der Waals surface area contributed by atoms with Gasteiger partial charge in [0.05, 0.1) is 0 Å². The molecule has 0 N–H and O–H groups in total. The predicted octanol–water partition coefficient (Wildman–Crippen LogP) is 3.63. The van der Waals surface area contributed by atoms with Crippen LogP contribution in [-0.2, 0) is 4.79 Å². The maximum atomic E-state index is 12.4. The monoisotopic (exact) mass is 364 g/mol. The zero-order valence-electron chi connectivity index (χ0n) is 16.5. The van der Waals surface area contributed by atoms with Crippen LogP contribution in [0.1, 0.15) is 43.9 Å². The molecule has 0 unspecified atom stereocenters. The molecule has 2 aliphatic rings. The number of nitrogens with zero attached hydrogens (tertiary/aromatic N) is 4. The Labute approximate surface area is 161 Å². The highest BCUT2D eigenvalue weighted by atomic mass is 16.2. The van der Waals surface area contributed by atoms with Crippen molar-refractivity contribution >= 4 is 11.7 Å². The Kier molecular flexibility index (Phi) is 4.85. The van der Waals surface area contributed by atoms with Crippen LogP contribution in [0.15, 0.2) is 30.3 Å². The maximum Gasteiger partial charge on any atom is 0.225 e. The number of hydrogen-bond donors (Lipinski definition) is 0. The fraction of sp³-hybridized carbons (Fsp3) is 0.500. The second kappa shape index (κ2) is 7.29. The van der Waals surface area contributed by atoms with E-state index >= 15 is 0 Å². The third-order valence-electron chi connectivity index (χ3n) is 5.54. The second-order valence-corrected chi connectivity index (χ2v) is 7.98. The summed E-state index contributed by atoms with van der Waals surface area (Å²) >= 11 is 0. The van der Waals surface area contributed by atoms with Crippen LogP contribution in [0.2, 0.25) is 0 Å². The molecule has 142 valence electrons. The van der Waals surface area contributed by atoms with Crippen LogP contribution in [0, 0.1) is 12.8 Å². The highest BCUT2D eigenvalue weighted by Gasteiger charge is 2.35. The first-order chi connectivity index (χ1) is 13.0. The number of aryl methyl sites for hydroxylation is 1. The summed E-state index contributed by atoms with van der Waals surface area (Å²) in [4.78, 5) is 26.5. The molecule has 27 heavy (non-hydrogen) atoms. The minimum Gasteiger partial charge on any atom is -0.353 e. The first kappa shape index (κ1) is 18.0. The van der Waals surface area contributed by atoms with Crippen LogP contribution in [-0.4, -0.2) is 47.0 Å². The van der Waals surface area contributed by atoms with Crippen molar-refractivity contribution in [2.75, 3.05) is 31.1 Å². The van der Waals surface area contributed by atoms with E-state index < -0.39 is 0 Å². The molecule has 1 aromatic heterocycles. The fourth-order valence-electron chi connectivity index (χ4n) is 3.93. The summed E-state index contributed by atoms with van der Waals surface area (Å²) in [6.07, 6.45) is 2.14. The maximum absolute atomic E-state index is 12.4. The number of piperazine rings is 1. The summed E-state index contributed by atoms with van der Waals surface area (Å²) in [5, 5.41) is 0. The van der Waals surface area contributed by atoms with Gasteiger partial charge in [-0.05, 0) is 25.7 Å². The number of benzene rings is 1. The lowest BCUT2D eigenvalue weighted by atomic mass is 10.0. The lowest BCUT2D eigenvalue weighted by Crippen LogP contribution is -2.49. The summed E-state index contributed by atoms with van der Waals surface area (Å²) in [6.45, 7) is 9.73. The highest BCUT2D eigenvalue weighted by molar-refractivity contribution is 5.81. The number of amides is 1. The van der Waals surface area contributed by atoms with Gasteiger partial charge in [-0.2, -0.15) is 0 Å². The van der Waals surface area contributed by atoms with Crippen LogP contribution in [0.25, 0.3) is 11.4 Å². The van der Waals surface area contributed by atoms with Crippen molar-refractivity contribution in [3.63, 3.8) is 0 Å². The number of anilines is 1. The van der Waals surface area contributed by atoms with E-state index in [9.17, 15) is 4.79 Å². The topological polar surface area (TPSA) is 49.3 Å². The van der Waals surface area contributed by atoms with Crippen molar-refractivity contribution < 1.29 is 4.79 Å². The van der Waals surface area contributed by atoms with Gasteiger partial charge in [0.2, 0.25) is 5.91 Å². The molecule has 5 nitrogen and oxygen atoms in total. The van der Waals surface area contributed by atoms with Gasteiger partial charge < -0.3 is 9.80 Å². The van der Waals surface area contributed by atoms with E-state index in [0.29, 0.717) is 17.7 Å². The summed E-state index contributed by atoms with van der Waals surface area (Å²) in [5.41, 5.74) is 3.31. The molecule has 0 spiro atoms. The zero-order valence-corrected chi connectivity index (χ0v) is 16.5. The Bertz CT molecular complexity index is 822. The summed E-state index contributed by atoms with van der Waals surface area (Å²) in [6, 6.07) is 10.2. The number of aromatic nitrogens is 2. The summed E-state index contributed by atoms with van der Waals surface area (Å²) in [5.74, 6) is 2.83. The first-order valence-electron chi connectivity index (χ1n) is 10.0. The average Bonchev–Trinajstić information content (AvgIpc) is 3.52. The molecule has 1 saturated carbocycles. The summed E-state index contributed by atoms with van der Waals surface area (Å²) in [7, 11) is 0. The molecule has 2 fully saturated rings. The van der Waals surface area contributed by atoms with E-state index in [1.807, 2.05) is 23.1 Å². The van der Waals surface area contributed by atoms with Gasteiger partial charge in [-0.25, -0.2) is 9.97 Å². The number of carbonyl (C=O) groups is 1. The van der Waals surface area contributed by atoms with Crippen molar-refractivity contribution in [3.05, 3.63) is 41.6 Å².